The van der Waals surface area contributed by atoms with Crippen molar-refractivity contribution in [2.75, 3.05) is 6.54 Å². The lowest BCUT2D eigenvalue weighted by Gasteiger charge is -2.32. The Labute approximate surface area is 104 Å². The van der Waals surface area contributed by atoms with Crippen LogP contribution in [0, 0.1) is 5.41 Å². The van der Waals surface area contributed by atoms with Crippen LogP contribution in [-0.4, -0.2) is 29.3 Å². The first-order valence-electron chi connectivity index (χ1n) is 5.81. The van der Waals surface area contributed by atoms with Gasteiger partial charge >= 0.3 is 6.18 Å². The maximum Gasteiger partial charge on any atom is 0.418 e. The molecule has 0 spiro atoms. The van der Waals surface area contributed by atoms with Crippen LogP contribution in [0.4, 0.5) is 13.2 Å². The fourth-order valence-electron chi connectivity index (χ4n) is 1.74. The Hall–Kier alpha value is -1.04. The number of hydrogen-bond donors (Lipinski definition) is 2. The number of aliphatic hydroxyl groups is 1. The molecule has 0 heterocycles. The minimum Gasteiger partial charge on any atom is -0.379 e. The monoisotopic (exact) mass is 265 g/mol. The second-order valence-electron chi connectivity index (χ2n) is 5.23. The molecule has 2 N–H and O–H groups in total. The van der Waals surface area contributed by atoms with Crippen molar-refractivity contribution in [3.8, 4) is 0 Å². The molecule has 1 rings (SSSR count). The van der Waals surface area contributed by atoms with Gasteiger partial charge in [0.15, 0.2) is 5.60 Å². The number of amides is 1. The van der Waals surface area contributed by atoms with Crippen LogP contribution in [0.3, 0.4) is 0 Å². The molecule has 0 unspecified atom stereocenters. The number of nitrogens with one attached hydrogen (secondary N) is 1. The van der Waals surface area contributed by atoms with Gasteiger partial charge in [0.2, 0.25) is 5.91 Å². The van der Waals surface area contributed by atoms with E-state index in [0.717, 1.165) is 6.42 Å². The third-order valence-corrected chi connectivity index (χ3v) is 3.35. The van der Waals surface area contributed by atoms with Crippen LogP contribution >= 0.6 is 0 Å². The predicted molar refractivity (Wildman–Crippen MR) is 60.8 cm³/mol. The van der Waals surface area contributed by atoms with Crippen molar-refractivity contribution in [1.82, 2.24) is 5.32 Å². The molecular formula is C12H18F3NO2. The molecule has 1 aliphatic rings. The second kappa shape index (κ2) is 4.91. The molecule has 6 heteroatoms. The standard InChI is InChI=1S/C12H18F3NO2/c1-10(6-4-3-5-7-10)9(17)16-8-11(2,18)12(13,14)15/h3-4,18H,5-8H2,1-2H3,(H,16,17)/t10-,11-/m1/s1. The Morgan fingerprint density at radius 2 is 2.06 bits per heavy atom. The summed E-state index contributed by atoms with van der Waals surface area (Å²) in [5.74, 6) is -0.448. The van der Waals surface area contributed by atoms with Gasteiger partial charge in [-0.3, -0.25) is 4.79 Å². The first-order chi connectivity index (χ1) is 8.08. The highest BCUT2D eigenvalue weighted by atomic mass is 19.4. The quantitative estimate of drug-likeness (QED) is 0.768. The first-order valence-corrected chi connectivity index (χ1v) is 5.81. The molecule has 0 bridgehead atoms. The van der Waals surface area contributed by atoms with Crippen molar-refractivity contribution < 1.29 is 23.1 Å². The van der Waals surface area contributed by atoms with E-state index in [2.05, 4.69) is 5.32 Å². The maximum absolute atomic E-state index is 12.4. The molecule has 18 heavy (non-hydrogen) atoms. The summed E-state index contributed by atoms with van der Waals surface area (Å²) in [6.07, 6.45) is 0.885. The molecule has 0 aromatic heterocycles. The van der Waals surface area contributed by atoms with Crippen LogP contribution in [0.25, 0.3) is 0 Å². The van der Waals surface area contributed by atoms with Gasteiger partial charge in [-0.1, -0.05) is 19.1 Å². The number of alkyl halides is 3. The molecule has 0 saturated carbocycles. The van der Waals surface area contributed by atoms with Crippen molar-refractivity contribution in [3.63, 3.8) is 0 Å². The van der Waals surface area contributed by atoms with Gasteiger partial charge in [0, 0.05) is 0 Å². The zero-order valence-corrected chi connectivity index (χ0v) is 10.5. The summed E-state index contributed by atoms with van der Waals surface area (Å²) in [5, 5.41) is 11.4. The van der Waals surface area contributed by atoms with Crippen LogP contribution in [-0.2, 0) is 4.79 Å². The summed E-state index contributed by atoms with van der Waals surface area (Å²) in [6.45, 7) is 1.54. The maximum atomic E-state index is 12.4. The first kappa shape index (κ1) is 15.0. The summed E-state index contributed by atoms with van der Waals surface area (Å²) < 4.78 is 37.2. The molecule has 0 aliphatic heterocycles. The van der Waals surface area contributed by atoms with E-state index in [0.29, 0.717) is 19.8 Å². The fourth-order valence-corrected chi connectivity index (χ4v) is 1.74. The van der Waals surface area contributed by atoms with Gasteiger partial charge in [-0.25, -0.2) is 0 Å². The van der Waals surface area contributed by atoms with Crippen molar-refractivity contribution in [3.05, 3.63) is 12.2 Å². The lowest BCUT2D eigenvalue weighted by Crippen LogP contribution is -2.53. The Morgan fingerprint density at radius 1 is 1.44 bits per heavy atom. The van der Waals surface area contributed by atoms with Crippen molar-refractivity contribution in [2.24, 2.45) is 5.41 Å². The van der Waals surface area contributed by atoms with E-state index in [1.165, 1.54) is 0 Å². The van der Waals surface area contributed by atoms with E-state index in [-0.39, 0.29) is 0 Å². The van der Waals surface area contributed by atoms with Gasteiger partial charge in [-0.2, -0.15) is 13.2 Å². The van der Waals surface area contributed by atoms with E-state index in [9.17, 15) is 23.1 Å². The van der Waals surface area contributed by atoms with Crippen LogP contribution in [0.5, 0.6) is 0 Å². The van der Waals surface area contributed by atoms with Gasteiger partial charge in [0.05, 0.1) is 12.0 Å². The lowest BCUT2D eigenvalue weighted by atomic mass is 9.78. The second-order valence-corrected chi connectivity index (χ2v) is 5.23. The zero-order valence-electron chi connectivity index (χ0n) is 10.5. The van der Waals surface area contributed by atoms with E-state index in [4.69, 9.17) is 0 Å². The number of allylic oxidation sites excluding steroid dienone is 2. The topological polar surface area (TPSA) is 49.3 Å². The molecular weight excluding hydrogens is 247 g/mol. The zero-order chi connectivity index (χ0) is 14.0. The highest BCUT2D eigenvalue weighted by Gasteiger charge is 2.50. The smallest absolute Gasteiger partial charge is 0.379 e. The molecule has 0 saturated heterocycles. The average molecular weight is 265 g/mol. The Bertz CT molecular complexity index is 350. The average Bonchev–Trinajstić information content (AvgIpc) is 2.25. The van der Waals surface area contributed by atoms with Crippen molar-refractivity contribution >= 4 is 5.91 Å². The summed E-state index contributed by atoms with van der Waals surface area (Å²) in [4.78, 5) is 11.9. The van der Waals surface area contributed by atoms with E-state index in [1.54, 1.807) is 6.92 Å². The molecule has 0 radical (unpaired) electrons. The Morgan fingerprint density at radius 3 is 2.50 bits per heavy atom. The SMILES string of the molecule is C[C@@]1(C(=O)NC[C@@](C)(O)C(F)(F)F)CC=CCC1. The normalized spacial score (nSPS) is 27.7. The van der Waals surface area contributed by atoms with E-state index >= 15 is 0 Å². The molecule has 0 aromatic carbocycles. The number of hydrogen-bond acceptors (Lipinski definition) is 2. The number of rotatable bonds is 3. The molecule has 1 aliphatic carbocycles. The number of carbonyl (C=O) groups is 1. The molecule has 3 nitrogen and oxygen atoms in total. The van der Waals surface area contributed by atoms with Crippen LogP contribution in [0.2, 0.25) is 0 Å². The molecule has 2 atom stereocenters. The van der Waals surface area contributed by atoms with E-state index in [1.807, 2.05) is 12.2 Å². The highest BCUT2D eigenvalue weighted by Crippen LogP contribution is 2.33. The third-order valence-electron chi connectivity index (χ3n) is 3.35. The van der Waals surface area contributed by atoms with Gasteiger partial charge in [-0.05, 0) is 26.2 Å². The minimum absolute atomic E-state index is 0.448. The van der Waals surface area contributed by atoms with Crippen LogP contribution in [0.15, 0.2) is 12.2 Å². The van der Waals surface area contributed by atoms with Gasteiger partial charge in [0.1, 0.15) is 0 Å². The minimum atomic E-state index is -4.76. The summed E-state index contributed by atoms with van der Waals surface area (Å²) >= 11 is 0. The predicted octanol–water partition coefficient (Wildman–Crippen LogP) is 2.16. The van der Waals surface area contributed by atoms with Gasteiger partial charge in [-0.15, -0.1) is 0 Å². The highest BCUT2D eigenvalue weighted by molar-refractivity contribution is 5.82. The molecule has 1 amide bonds. The van der Waals surface area contributed by atoms with Gasteiger partial charge < -0.3 is 10.4 Å². The molecule has 0 fully saturated rings. The van der Waals surface area contributed by atoms with Crippen molar-refractivity contribution in [1.29, 1.82) is 0 Å². The summed E-state index contributed by atoms with van der Waals surface area (Å²) in [6, 6.07) is 0. The van der Waals surface area contributed by atoms with Crippen LogP contribution < -0.4 is 5.32 Å². The van der Waals surface area contributed by atoms with Crippen molar-refractivity contribution in [2.45, 2.75) is 44.9 Å². The Balaban J connectivity index is 2.59. The van der Waals surface area contributed by atoms with Crippen LogP contribution in [0.1, 0.15) is 33.1 Å². The summed E-state index contributed by atoms with van der Waals surface area (Å²) in [5.41, 5.74) is -3.58. The largest absolute Gasteiger partial charge is 0.418 e. The number of carbonyl (C=O) groups excluding carboxylic acids is 1. The molecule has 0 aromatic rings. The number of halogens is 3. The Kier molecular flexibility index (Phi) is 4.10. The van der Waals surface area contributed by atoms with E-state index < -0.39 is 29.6 Å². The molecule has 104 valence electrons. The fraction of sp³-hybridized carbons (Fsp3) is 0.750. The lowest BCUT2D eigenvalue weighted by molar-refractivity contribution is -0.250. The van der Waals surface area contributed by atoms with Gasteiger partial charge in [0.25, 0.3) is 0 Å². The third kappa shape index (κ3) is 3.25. The summed E-state index contributed by atoms with van der Waals surface area (Å²) in [7, 11) is 0.